The molecule has 1 atom stereocenters. The zero-order valence-corrected chi connectivity index (χ0v) is 15.6. The summed E-state index contributed by atoms with van der Waals surface area (Å²) in [5, 5.41) is 3.69. The van der Waals surface area contributed by atoms with E-state index in [1.807, 2.05) is 26.0 Å². The molecule has 6 heteroatoms. The number of carbonyl (C=O) groups excluding carboxylic acids is 1. The molecule has 1 heterocycles. The normalized spacial score (nSPS) is 15.4. The molecule has 3 rings (SSSR count). The number of amides is 1. The van der Waals surface area contributed by atoms with Gasteiger partial charge in [0.1, 0.15) is 17.6 Å². The van der Waals surface area contributed by atoms with Crippen molar-refractivity contribution in [3.05, 3.63) is 57.1 Å². The van der Waals surface area contributed by atoms with Crippen LogP contribution in [0.1, 0.15) is 35.3 Å². The Kier molecular flexibility index (Phi) is 5.40. The summed E-state index contributed by atoms with van der Waals surface area (Å²) in [6, 6.07) is 8.73. The van der Waals surface area contributed by atoms with Crippen molar-refractivity contribution in [3.63, 3.8) is 0 Å². The maximum absolute atomic E-state index is 12.4. The minimum Gasteiger partial charge on any atom is -0.494 e. The Morgan fingerprint density at radius 3 is 2.88 bits per heavy atom. The Balaban J connectivity index is 1.79. The Labute approximate surface area is 157 Å². The second-order valence-corrected chi connectivity index (χ2v) is 6.78. The molecule has 0 saturated heterocycles. The standard InChI is InChI=1S/C19H19Cl2NO3/c1-3-24-17-7-12-6-11(2)25-18(12)8-13(17)10-22-19(23)15-9-14(20)4-5-16(15)21/h4-5,7-9,11H,3,6,10H2,1-2H3,(H,22,23)/t11-/m1/s1. The highest BCUT2D eigenvalue weighted by atomic mass is 35.5. The molecule has 0 fully saturated rings. The van der Waals surface area contributed by atoms with Crippen LogP contribution in [0.15, 0.2) is 30.3 Å². The number of rotatable bonds is 5. The molecular formula is C19H19Cl2NO3. The van der Waals surface area contributed by atoms with Crippen LogP contribution >= 0.6 is 23.2 Å². The van der Waals surface area contributed by atoms with E-state index in [0.29, 0.717) is 28.8 Å². The lowest BCUT2D eigenvalue weighted by atomic mass is 10.1. The summed E-state index contributed by atoms with van der Waals surface area (Å²) in [5.74, 6) is 1.32. The van der Waals surface area contributed by atoms with Crippen LogP contribution in [0.2, 0.25) is 10.0 Å². The van der Waals surface area contributed by atoms with Crippen LogP contribution in [0, 0.1) is 0 Å². The van der Waals surface area contributed by atoms with Gasteiger partial charge < -0.3 is 14.8 Å². The van der Waals surface area contributed by atoms with E-state index in [4.69, 9.17) is 32.7 Å². The molecule has 0 bridgehead atoms. The minimum absolute atomic E-state index is 0.152. The van der Waals surface area contributed by atoms with Crippen LogP contribution in [0.3, 0.4) is 0 Å². The summed E-state index contributed by atoms with van der Waals surface area (Å²) in [6.07, 6.45) is 1.01. The quantitative estimate of drug-likeness (QED) is 0.822. The van der Waals surface area contributed by atoms with Crippen molar-refractivity contribution in [3.8, 4) is 11.5 Å². The van der Waals surface area contributed by atoms with Gasteiger partial charge in [-0.3, -0.25) is 4.79 Å². The van der Waals surface area contributed by atoms with Gasteiger partial charge in [0.25, 0.3) is 5.91 Å². The topological polar surface area (TPSA) is 47.6 Å². The summed E-state index contributed by atoms with van der Waals surface area (Å²) in [4.78, 5) is 12.4. The SMILES string of the molecule is CCOc1cc2c(cc1CNC(=O)c1cc(Cl)ccc1Cl)O[C@H](C)C2. The van der Waals surface area contributed by atoms with Gasteiger partial charge >= 0.3 is 0 Å². The van der Waals surface area contributed by atoms with Gasteiger partial charge in [0.05, 0.1) is 17.2 Å². The largest absolute Gasteiger partial charge is 0.494 e. The molecule has 0 radical (unpaired) electrons. The number of halogens is 2. The van der Waals surface area contributed by atoms with E-state index in [-0.39, 0.29) is 12.0 Å². The van der Waals surface area contributed by atoms with Gasteiger partial charge in [0, 0.05) is 29.1 Å². The van der Waals surface area contributed by atoms with Gasteiger partial charge in [-0.25, -0.2) is 0 Å². The number of hydrogen-bond acceptors (Lipinski definition) is 3. The summed E-state index contributed by atoms with van der Waals surface area (Å²) in [7, 11) is 0. The Morgan fingerprint density at radius 1 is 1.32 bits per heavy atom. The first-order valence-corrected chi connectivity index (χ1v) is 8.92. The predicted molar refractivity (Wildman–Crippen MR) is 99.0 cm³/mol. The number of ether oxygens (including phenoxy) is 2. The lowest BCUT2D eigenvalue weighted by Gasteiger charge is -2.14. The molecule has 1 aliphatic heterocycles. The maximum Gasteiger partial charge on any atom is 0.253 e. The molecule has 4 nitrogen and oxygen atoms in total. The number of carbonyl (C=O) groups is 1. The fourth-order valence-electron chi connectivity index (χ4n) is 2.85. The minimum atomic E-state index is -0.287. The van der Waals surface area contributed by atoms with Crippen molar-refractivity contribution in [2.45, 2.75) is 32.9 Å². The highest BCUT2D eigenvalue weighted by molar-refractivity contribution is 6.35. The number of fused-ring (bicyclic) bond motifs is 1. The molecule has 132 valence electrons. The molecule has 2 aromatic carbocycles. The monoisotopic (exact) mass is 379 g/mol. The summed E-state index contributed by atoms with van der Waals surface area (Å²) >= 11 is 12.0. The average Bonchev–Trinajstić information content (AvgIpc) is 2.93. The first kappa shape index (κ1) is 17.9. The predicted octanol–water partition coefficient (Wildman–Crippen LogP) is 4.65. The van der Waals surface area contributed by atoms with E-state index < -0.39 is 0 Å². The molecular weight excluding hydrogens is 361 g/mol. The van der Waals surface area contributed by atoms with Gasteiger partial charge in [-0.05, 0) is 44.2 Å². The first-order valence-electron chi connectivity index (χ1n) is 8.16. The smallest absolute Gasteiger partial charge is 0.253 e. The summed E-state index contributed by atoms with van der Waals surface area (Å²) in [6.45, 7) is 4.82. The molecule has 0 saturated carbocycles. The number of hydrogen-bond donors (Lipinski definition) is 1. The molecule has 1 aliphatic rings. The highest BCUT2D eigenvalue weighted by Crippen LogP contribution is 2.35. The zero-order valence-electron chi connectivity index (χ0n) is 14.1. The van der Waals surface area contributed by atoms with Gasteiger partial charge in [-0.1, -0.05) is 23.2 Å². The van der Waals surface area contributed by atoms with E-state index in [1.165, 1.54) is 0 Å². The second-order valence-electron chi connectivity index (χ2n) is 5.94. The molecule has 0 aliphatic carbocycles. The second kappa shape index (κ2) is 7.54. The van der Waals surface area contributed by atoms with Crippen molar-refractivity contribution in [2.24, 2.45) is 0 Å². The Morgan fingerprint density at radius 2 is 2.12 bits per heavy atom. The van der Waals surface area contributed by atoms with Crippen molar-refractivity contribution in [1.82, 2.24) is 5.32 Å². The third kappa shape index (κ3) is 4.02. The zero-order chi connectivity index (χ0) is 18.0. The van der Waals surface area contributed by atoms with Crippen LogP contribution < -0.4 is 14.8 Å². The summed E-state index contributed by atoms with van der Waals surface area (Å²) < 4.78 is 11.5. The fraction of sp³-hybridized carbons (Fsp3) is 0.316. The van der Waals surface area contributed by atoms with Gasteiger partial charge in [0.15, 0.2) is 0 Å². The molecule has 0 aromatic heterocycles. The van der Waals surface area contributed by atoms with Gasteiger partial charge in [0.2, 0.25) is 0 Å². The molecule has 1 N–H and O–H groups in total. The third-order valence-electron chi connectivity index (χ3n) is 3.99. The molecule has 0 spiro atoms. The summed E-state index contributed by atoms with van der Waals surface area (Å²) in [5.41, 5.74) is 2.34. The van der Waals surface area contributed by atoms with Crippen LogP contribution in [-0.2, 0) is 13.0 Å². The molecule has 1 amide bonds. The lowest BCUT2D eigenvalue weighted by Crippen LogP contribution is -2.23. The first-order chi connectivity index (χ1) is 12.0. The van der Waals surface area contributed by atoms with E-state index >= 15 is 0 Å². The molecule has 2 aromatic rings. The van der Waals surface area contributed by atoms with Crippen LogP contribution in [-0.4, -0.2) is 18.6 Å². The third-order valence-corrected chi connectivity index (χ3v) is 4.56. The van der Waals surface area contributed by atoms with Crippen molar-refractivity contribution in [2.75, 3.05) is 6.61 Å². The number of benzene rings is 2. The van der Waals surface area contributed by atoms with Crippen LogP contribution in [0.25, 0.3) is 0 Å². The number of nitrogens with one attached hydrogen (secondary N) is 1. The van der Waals surface area contributed by atoms with Crippen LogP contribution in [0.4, 0.5) is 0 Å². The van der Waals surface area contributed by atoms with Crippen molar-refractivity contribution >= 4 is 29.1 Å². The van der Waals surface area contributed by atoms with E-state index in [1.54, 1.807) is 18.2 Å². The van der Waals surface area contributed by atoms with Crippen LogP contribution in [0.5, 0.6) is 11.5 Å². The molecule has 25 heavy (non-hydrogen) atoms. The fourth-order valence-corrected chi connectivity index (χ4v) is 3.23. The average molecular weight is 380 g/mol. The Bertz CT molecular complexity index is 807. The maximum atomic E-state index is 12.4. The van der Waals surface area contributed by atoms with Crippen molar-refractivity contribution in [1.29, 1.82) is 0 Å². The Hall–Kier alpha value is -1.91. The van der Waals surface area contributed by atoms with E-state index in [9.17, 15) is 4.79 Å². The van der Waals surface area contributed by atoms with E-state index in [2.05, 4.69) is 5.32 Å². The van der Waals surface area contributed by atoms with Crippen molar-refractivity contribution < 1.29 is 14.3 Å². The van der Waals surface area contributed by atoms with Gasteiger partial charge in [-0.2, -0.15) is 0 Å². The highest BCUT2D eigenvalue weighted by Gasteiger charge is 2.22. The van der Waals surface area contributed by atoms with Gasteiger partial charge in [-0.15, -0.1) is 0 Å². The van der Waals surface area contributed by atoms with E-state index in [0.717, 1.165) is 29.0 Å². The lowest BCUT2D eigenvalue weighted by molar-refractivity contribution is 0.0950. The molecule has 0 unspecified atom stereocenters.